The Morgan fingerprint density at radius 1 is 1.53 bits per heavy atom. The molecule has 1 aromatic carbocycles. The highest BCUT2D eigenvalue weighted by Gasteiger charge is 2.37. The Balaban J connectivity index is 2.24. The lowest BCUT2D eigenvalue weighted by molar-refractivity contribution is 0.184. The first-order chi connectivity index (χ1) is 8.08. The number of fused-ring (bicyclic) bond motifs is 1. The molecule has 4 heteroatoms. The molecular formula is C13H17N3O. The van der Waals surface area contributed by atoms with Crippen LogP contribution in [0.15, 0.2) is 18.2 Å². The normalized spacial score (nSPS) is 25.1. The number of hydrogen-bond donors (Lipinski definition) is 2. The fourth-order valence-electron chi connectivity index (χ4n) is 2.44. The van der Waals surface area contributed by atoms with Crippen molar-refractivity contribution in [3.05, 3.63) is 24.0 Å². The molecular weight excluding hydrogens is 214 g/mol. The van der Waals surface area contributed by atoms with E-state index in [1.165, 1.54) is 0 Å². The van der Waals surface area contributed by atoms with Gasteiger partial charge in [0, 0.05) is 11.7 Å². The molecule has 1 aromatic heterocycles. The summed E-state index contributed by atoms with van der Waals surface area (Å²) in [6.45, 7) is 3.98. The molecule has 3 unspecified atom stereocenters. The van der Waals surface area contributed by atoms with Gasteiger partial charge in [0.15, 0.2) is 0 Å². The fourth-order valence-corrected chi connectivity index (χ4v) is 2.44. The van der Waals surface area contributed by atoms with Gasteiger partial charge in [0.25, 0.3) is 0 Å². The van der Waals surface area contributed by atoms with E-state index >= 15 is 0 Å². The molecule has 3 rings (SSSR count). The van der Waals surface area contributed by atoms with Crippen LogP contribution < -0.4 is 5.73 Å². The summed E-state index contributed by atoms with van der Waals surface area (Å²) in [5.41, 5.74) is 8.43. The summed E-state index contributed by atoms with van der Waals surface area (Å²) in [4.78, 5) is 4.50. The quantitative estimate of drug-likeness (QED) is 0.779. The van der Waals surface area contributed by atoms with E-state index in [-0.39, 0.29) is 0 Å². The predicted molar refractivity (Wildman–Crippen MR) is 67.6 cm³/mol. The highest BCUT2D eigenvalue weighted by molar-refractivity contribution is 5.80. The van der Waals surface area contributed by atoms with E-state index in [1.807, 2.05) is 18.2 Å². The first-order valence-electron chi connectivity index (χ1n) is 6.03. The van der Waals surface area contributed by atoms with E-state index in [1.54, 1.807) is 6.92 Å². The molecule has 1 fully saturated rings. The number of benzene rings is 1. The number of hydrogen-bond acceptors (Lipinski definition) is 3. The van der Waals surface area contributed by atoms with Crippen molar-refractivity contribution in [3.63, 3.8) is 0 Å². The van der Waals surface area contributed by atoms with Crippen molar-refractivity contribution in [2.75, 3.05) is 5.73 Å². The molecule has 0 radical (unpaired) electrons. The molecule has 0 saturated heterocycles. The van der Waals surface area contributed by atoms with E-state index in [2.05, 4.69) is 16.5 Å². The smallest absolute Gasteiger partial charge is 0.138 e. The lowest BCUT2D eigenvalue weighted by Crippen LogP contribution is -2.05. The second kappa shape index (κ2) is 3.47. The van der Waals surface area contributed by atoms with Gasteiger partial charge in [0.1, 0.15) is 11.9 Å². The van der Waals surface area contributed by atoms with Gasteiger partial charge < -0.3 is 15.4 Å². The molecule has 2 aromatic rings. The molecule has 1 aliphatic rings. The molecule has 1 aliphatic carbocycles. The van der Waals surface area contributed by atoms with Crippen molar-refractivity contribution in [1.29, 1.82) is 0 Å². The van der Waals surface area contributed by atoms with E-state index in [9.17, 15) is 5.11 Å². The standard InChI is InChI=1S/C13H17N3O/c1-7-5-12(7)16-11-4-3-9(14)6-10(11)15-13(16)8(2)17/h3-4,6-8,12,17H,5,14H2,1-2H3. The van der Waals surface area contributed by atoms with Gasteiger partial charge in [0.2, 0.25) is 0 Å². The van der Waals surface area contributed by atoms with Crippen LogP contribution in [0.5, 0.6) is 0 Å². The largest absolute Gasteiger partial charge is 0.399 e. The summed E-state index contributed by atoms with van der Waals surface area (Å²) in [7, 11) is 0. The first kappa shape index (κ1) is 10.6. The van der Waals surface area contributed by atoms with Crippen LogP contribution in [-0.2, 0) is 0 Å². The van der Waals surface area contributed by atoms with E-state index in [4.69, 9.17) is 5.73 Å². The zero-order valence-electron chi connectivity index (χ0n) is 10.1. The third-order valence-electron chi connectivity index (χ3n) is 3.51. The van der Waals surface area contributed by atoms with E-state index < -0.39 is 6.10 Å². The molecule has 0 bridgehead atoms. The Kier molecular flexibility index (Phi) is 2.16. The monoisotopic (exact) mass is 231 g/mol. The molecule has 0 aliphatic heterocycles. The summed E-state index contributed by atoms with van der Waals surface area (Å²) in [6.07, 6.45) is 0.617. The number of rotatable bonds is 2. The zero-order chi connectivity index (χ0) is 12.2. The van der Waals surface area contributed by atoms with Crippen molar-refractivity contribution < 1.29 is 5.11 Å². The summed E-state index contributed by atoms with van der Waals surface area (Å²) in [5.74, 6) is 1.42. The molecule has 3 atom stereocenters. The minimum absolute atomic E-state index is 0.480. The average Bonchev–Trinajstić information content (AvgIpc) is 2.86. The minimum Gasteiger partial charge on any atom is -0.399 e. The van der Waals surface area contributed by atoms with Crippen molar-refractivity contribution in [2.24, 2.45) is 5.92 Å². The summed E-state index contributed by atoms with van der Waals surface area (Å²) < 4.78 is 2.17. The number of nitrogen functional groups attached to an aromatic ring is 1. The molecule has 4 nitrogen and oxygen atoms in total. The Morgan fingerprint density at radius 3 is 2.82 bits per heavy atom. The molecule has 1 saturated carbocycles. The Morgan fingerprint density at radius 2 is 2.24 bits per heavy atom. The molecule has 17 heavy (non-hydrogen) atoms. The van der Waals surface area contributed by atoms with Crippen molar-refractivity contribution in [3.8, 4) is 0 Å². The van der Waals surface area contributed by atoms with Gasteiger partial charge >= 0.3 is 0 Å². The van der Waals surface area contributed by atoms with Crippen LogP contribution in [-0.4, -0.2) is 14.7 Å². The maximum atomic E-state index is 9.82. The number of aromatic nitrogens is 2. The third kappa shape index (κ3) is 1.60. The van der Waals surface area contributed by atoms with Gasteiger partial charge in [-0.1, -0.05) is 6.92 Å². The molecule has 1 heterocycles. The van der Waals surface area contributed by atoms with Crippen molar-refractivity contribution >= 4 is 16.7 Å². The number of aliphatic hydroxyl groups excluding tert-OH is 1. The molecule has 90 valence electrons. The first-order valence-corrected chi connectivity index (χ1v) is 6.03. The van der Waals surface area contributed by atoms with Gasteiger partial charge in [-0.25, -0.2) is 4.98 Å². The highest BCUT2D eigenvalue weighted by atomic mass is 16.3. The van der Waals surface area contributed by atoms with Crippen LogP contribution in [0.1, 0.15) is 38.2 Å². The number of nitrogens with two attached hydrogens (primary N) is 1. The maximum Gasteiger partial charge on any atom is 0.138 e. The number of nitrogens with zero attached hydrogens (tertiary/aromatic N) is 2. The zero-order valence-corrected chi connectivity index (χ0v) is 10.1. The van der Waals surface area contributed by atoms with Crippen LogP contribution in [0.2, 0.25) is 0 Å². The van der Waals surface area contributed by atoms with Crippen LogP contribution in [0, 0.1) is 5.92 Å². The van der Waals surface area contributed by atoms with E-state index in [0.29, 0.717) is 17.6 Å². The van der Waals surface area contributed by atoms with Crippen LogP contribution in [0.4, 0.5) is 5.69 Å². The van der Waals surface area contributed by atoms with Crippen LogP contribution in [0.25, 0.3) is 11.0 Å². The van der Waals surface area contributed by atoms with Gasteiger partial charge in [-0.05, 0) is 37.5 Å². The van der Waals surface area contributed by atoms with E-state index in [0.717, 1.165) is 23.3 Å². The predicted octanol–water partition coefficient (Wildman–Crippen LogP) is 2.25. The van der Waals surface area contributed by atoms with Crippen molar-refractivity contribution in [1.82, 2.24) is 9.55 Å². The number of imidazole rings is 1. The number of aliphatic hydroxyl groups is 1. The van der Waals surface area contributed by atoms with Crippen LogP contribution >= 0.6 is 0 Å². The number of anilines is 1. The lowest BCUT2D eigenvalue weighted by atomic mass is 10.3. The van der Waals surface area contributed by atoms with Gasteiger partial charge in [-0.2, -0.15) is 0 Å². The fraction of sp³-hybridized carbons (Fsp3) is 0.462. The van der Waals surface area contributed by atoms with Crippen LogP contribution in [0.3, 0.4) is 0 Å². The lowest BCUT2D eigenvalue weighted by Gasteiger charge is -2.10. The Labute approximate surface area is 100 Å². The summed E-state index contributed by atoms with van der Waals surface area (Å²) in [5, 5.41) is 9.82. The SMILES string of the molecule is CC(O)c1nc2cc(N)ccc2n1C1CC1C. The molecule has 3 N–H and O–H groups in total. The van der Waals surface area contributed by atoms with Gasteiger partial charge in [0.05, 0.1) is 11.0 Å². The third-order valence-corrected chi connectivity index (χ3v) is 3.51. The van der Waals surface area contributed by atoms with Gasteiger partial charge in [-0.3, -0.25) is 0 Å². The highest BCUT2D eigenvalue weighted by Crippen LogP contribution is 2.45. The minimum atomic E-state index is -0.545. The summed E-state index contributed by atoms with van der Waals surface area (Å²) in [6, 6.07) is 6.23. The maximum absolute atomic E-state index is 9.82. The molecule has 0 amide bonds. The van der Waals surface area contributed by atoms with Crippen molar-refractivity contribution in [2.45, 2.75) is 32.4 Å². The second-order valence-corrected chi connectivity index (χ2v) is 5.04. The average molecular weight is 231 g/mol. The molecule has 0 spiro atoms. The summed E-state index contributed by atoms with van der Waals surface area (Å²) >= 11 is 0. The second-order valence-electron chi connectivity index (χ2n) is 5.04. The Hall–Kier alpha value is -1.55. The topological polar surface area (TPSA) is 64.1 Å². The van der Waals surface area contributed by atoms with Gasteiger partial charge in [-0.15, -0.1) is 0 Å². The Bertz CT molecular complexity index is 573.